The average molecular weight is 271 g/mol. The van der Waals surface area contributed by atoms with Gasteiger partial charge in [0.2, 0.25) is 0 Å². The smallest absolute Gasteiger partial charge is 0.326 e. The lowest BCUT2D eigenvalue weighted by molar-refractivity contribution is -0.150. The first-order valence-electron chi connectivity index (χ1n) is 7.62. The molecule has 1 atom stereocenters. The van der Waals surface area contributed by atoms with E-state index in [1.54, 1.807) is 0 Å². The van der Waals surface area contributed by atoms with Gasteiger partial charge in [0.15, 0.2) is 0 Å². The summed E-state index contributed by atoms with van der Waals surface area (Å²) >= 11 is 0. The highest BCUT2D eigenvalue weighted by Crippen LogP contribution is 2.28. The number of hydrogen-bond donors (Lipinski definition) is 1. The van der Waals surface area contributed by atoms with Crippen molar-refractivity contribution in [1.82, 2.24) is 5.32 Å². The SMILES string of the molecule is CCNC(C)(CCCCOCC1CC1)C(=O)OCC. The first-order valence-corrected chi connectivity index (χ1v) is 7.62. The van der Waals surface area contributed by atoms with Crippen LogP contribution in [0.25, 0.3) is 0 Å². The van der Waals surface area contributed by atoms with Crippen LogP contribution in [0.2, 0.25) is 0 Å². The van der Waals surface area contributed by atoms with Gasteiger partial charge in [0.25, 0.3) is 0 Å². The van der Waals surface area contributed by atoms with E-state index in [4.69, 9.17) is 9.47 Å². The van der Waals surface area contributed by atoms with Gasteiger partial charge in [0.1, 0.15) is 5.54 Å². The molecule has 112 valence electrons. The van der Waals surface area contributed by atoms with Crippen molar-refractivity contribution in [3.8, 4) is 0 Å². The summed E-state index contributed by atoms with van der Waals surface area (Å²) in [7, 11) is 0. The van der Waals surface area contributed by atoms with E-state index in [1.807, 2.05) is 20.8 Å². The quantitative estimate of drug-likeness (QED) is 0.463. The average Bonchev–Trinajstić information content (AvgIpc) is 3.18. The van der Waals surface area contributed by atoms with Crippen LogP contribution >= 0.6 is 0 Å². The van der Waals surface area contributed by atoms with Crippen LogP contribution in [0.15, 0.2) is 0 Å². The Labute approximate surface area is 117 Å². The number of rotatable bonds is 11. The first kappa shape index (κ1) is 16.4. The van der Waals surface area contributed by atoms with Gasteiger partial charge in [-0.2, -0.15) is 0 Å². The normalized spacial score (nSPS) is 18.1. The maximum absolute atomic E-state index is 12.0. The van der Waals surface area contributed by atoms with Crippen molar-refractivity contribution >= 4 is 5.97 Å². The van der Waals surface area contributed by atoms with Crippen LogP contribution in [0.5, 0.6) is 0 Å². The number of nitrogens with one attached hydrogen (secondary N) is 1. The summed E-state index contributed by atoms with van der Waals surface area (Å²) in [5.74, 6) is 0.683. The molecule has 1 aliphatic rings. The summed E-state index contributed by atoms with van der Waals surface area (Å²) in [6, 6.07) is 0. The van der Waals surface area contributed by atoms with E-state index < -0.39 is 5.54 Å². The Bertz CT molecular complexity index is 266. The van der Waals surface area contributed by atoms with Crippen molar-refractivity contribution in [2.24, 2.45) is 5.92 Å². The fraction of sp³-hybridized carbons (Fsp3) is 0.933. The molecular weight excluding hydrogens is 242 g/mol. The first-order chi connectivity index (χ1) is 9.12. The third-order valence-electron chi connectivity index (χ3n) is 3.56. The number of unbranched alkanes of at least 4 members (excludes halogenated alkanes) is 1. The zero-order chi connectivity index (χ0) is 14.1. The van der Waals surface area contributed by atoms with Crippen LogP contribution in [0.3, 0.4) is 0 Å². The van der Waals surface area contributed by atoms with Gasteiger partial charge in [0, 0.05) is 13.2 Å². The van der Waals surface area contributed by atoms with Crippen molar-refractivity contribution < 1.29 is 14.3 Å². The van der Waals surface area contributed by atoms with Crippen molar-refractivity contribution in [3.63, 3.8) is 0 Å². The van der Waals surface area contributed by atoms with E-state index in [1.165, 1.54) is 12.8 Å². The van der Waals surface area contributed by atoms with E-state index in [0.29, 0.717) is 6.61 Å². The molecule has 0 aromatic rings. The van der Waals surface area contributed by atoms with Crippen LogP contribution in [0.1, 0.15) is 52.9 Å². The van der Waals surface area contributed by atoms with Crippen molar-refractivity contribution in [2.75, 3.05) is 26.4 Å². The fourth-order valence-electron chi connectivity index (χ4n) is 2.16. The van der Waals surface area contributed by atoms with Gasteiger partial charge in [-0.1, -0.05) is 6.92 Å². The van der Waals surface area contributed by atoms with Crippen LogP contribution in [0, 0.1) is 5.92 Å². The molecule has 1 aliphatic carbocycles. The van der Waals surface area contributed by atoms with E-state index in [9.17, 15) is 4.79 Å². The molecule has 4 nitrogen and oxygen atoms in total. The minimum absolute atomic E-state index is 0.143. The summed E-state index contributed by atoms with van der Waals surface area (Å²) in [5, 5.41) is 3.25. The molecule has 1 unspecified atom stereocenters. The Morgan fingerprint density at radius 2 is 2.05 bits per heavy atom. The highest BCUT2D eigenvalue weighted by atomic mass is 16.5. The van der Waals surface area contributed by atoms with E-state index in [-0.39, 0.29) is 5.97 Å². The number of hydrogen-bond acceptors (Lipinski definition) is 4. The van der Waals surface area contributed by atoms with Gasteiger partial charge in [-0.15, -0.1) is 0 Å². The molecule has 19 heavy (non-hydrogen) atoms. The Hall–Kier alpha value is -0.610. The molecular formula is C15H29NO3. The van der Waals surface area contributed by atoms with Crippen molar-refractivity contribution in [3.05, 3.63) is 0 Å². The molecule has 0 heterocycles. The van der Waals surface area contributed by atoms with Gasteiger partial charge in [-0.3, -0.25) is 4.79 Å². The Morgan fingerprint density at radius 1 is 1.32 bits per heavy atom. The Morgan fingerprint density at radius 3 is 2.63 bits per heavy atom. The monoisotopic (exact) mass is 271 g/mol. The summed E-state index contributed by atoms with van der Waals surface area (Å²) in [4.78, 5) is 12.0. The standard InChI is InChI=1S/C15H29NO3/c1-4-16-15(3,14(17)19-5-2)10-6-7-11-18-12-13-8-9-13/h13,16H,4-12H2,1-3H3. The molecule has 0 bridgehead atoms. The molecule has 1 saturated carbocycles. The maximum Gasteiger partial charge on any atom is 0.326 e. The zero-order valence-electron chi connectivity index (χ0n) is 12.7. The number of carbonyl (C=O) groups excluding carboxylic acids is 1. The predicted octanol–water partition coefficient (Wildman–Crippen LogP) is 2.51. The van der Waals surface area contributed by atoms with Crippen LogP contribution < -0.4 is 5.32 Å². The molecule has 0 aromatic heterocycles. The molecule has 4 heteroatoms. The van der Waals surface area contributed by atoms with Gasteiger partial charge in [-0.25, -0.2) is 0 Å². The van der Waals surface area contributed by atoms with Gasteiger partial charge in [0.05, 0.1) is 6.61 Å². The maximum atomic E-state index is 12.0. The minimum Gasteiger partial charge on any atom is -0.465 e. The predicted molar refractivity (Wildman–Crippen MR) is 76.1 cm³/mol. The Balaban J connectivity index is 2.17. The molecule has 0 spiro atoms. The van der Waals surface area contributed by atoms with E-state index in [0.717, 1.165) is 44.9 Å². The van der Waals surface area contributed by atoms with Gasteiger partial charge < -0.3 is 14.8 Å². The minimum atomic E-state index is -0.554. The lowest BCUT2D eigenvalue weighted by Gasteiger charge is -2.28. The molecule has 1 rings (SSSR count). The fourth-order valence-corrected chi connectivity index (χ4v) is 2.16. The summed E-state index contributed by atoms with van der Waals surface area (Å²) in [5.41, 5.74) is -0.554. The van der Waals surface area contributed by atoms with Crippen LogP contribution in [-0.4, -0.2) is 37.9 Å². The number of carbonyl (C=O) groups is 1. The second-order valence-corrected chi connectivity index (χ2v) is 5.56. The molecule has 0 radical (unpaired) electrons. The molecule has 0 aromatic carbocycles. The largest absolute Gasteiger partial charge is 0.465 e. The van der Waals surface area contributed by atoms with Crippen molar-refractivity contribution in [1.29, 1.82) is 0 Å². The molecule has 0 aliphatic heterocycles. The topological polar surface area (TPSA) is 47.6 Å². The van der Waals surface area contributed by atoms with Crippen LogP contribution in [-0.2, 0) is 14.3 Å². The third-order valence-corrected chi connectivity index (χ3v) is 3.56. The van der Waals surface area contributed by atoms with Gasteiger partial charge >= 0.3 is 5.97 Å². The molecule has 1 N–H and O–H groups in total. The summed E-state index contributed by atoms with van der Waals surface area (Å²) in [6.07, 6.45) is 5.45. The lowest BCUT2D eigenvalue weighted by Crippen LogP contribution is -2.50. The lowest BCUT2D eigenvalue weighted by atomic mass is 9.95. The Kier molecular flexibility index (Phi) is 7.39. The summed E-state index contributed by atoms with van der Waals surface area (Å²) in [6.45, 7) is 8.72. The molecule has 0 amide bonds. The second kappa shape index (κ2) is 8.54. The second-order valence-electron chi connectivity index (χ2n) is 5.56. The number of ether oxygens (including phenoxy) is 2. The van der Waals surface area contributed by atoms with Crippen LogP contribution in [0.4, 0.5) is 0 Å². The zero-order valence-corrected chi connectivity index (χ0v) is 12.7. The number of likely N-dealkylation sites (N-methyl/N-ethyl adjacent to an activating group) is 1. The van der Waals surface area contributed by atoms with E-state index >= 15 is 0 Å². The van der Waals surface area contributed by atoms with E-state index in [2.05, 4.69) is 5.32 Å². The van der Waals surface area contributed by atoms with Gasteiger partial charge in [-0.05, 0) is 58.4 Å². The molecule has 0 saturated heterocycles. The summed E-state index contributed by atoms with van der Waals surface area (Å²) < 4.78 is 10.7. The number of esters is 1. The third kappa shape index (κ3) is 6.39. The highest BCUT2D eigenvalue weighted by Gasteiger charge is 2.32. The molecule has 1 fully saturated rings. The van der Waals surface area contributed by atoms with Crippen molar-refractivity contribution in [2.45, 2.75) is 58.4 Å². The highest BCUT2D eigenvalue weighted by molar-refractivity contribution is 5.80.